The standard InChI is InChI=1S/C14H20/c1-3-11-9-10-12(4-2)14-8-6-5-7-13(11)14/h5-8,11-12H,3-4,9-10H2,1-2H3. The molecule has 1 aliphatic rings. The van der Waals surface area contributed by atoms with Gasteiger partial charge in [0, 0.05) is 0 Å². The first-order valence-electron chi connectivity index (χ1n) is 5.95. The van der Waals surface area contributed by atoms with Crippen molar-refractivity contribution in [3.63, 3.8) is 0 Å². The van der Waals surface area contributed by atoms with Crippen molar-refractivity contribution in [1.82, 2.24) is 0 Å². The van der Waals surface area contributed by atoms with Gasteiger partial charge in [0.05, 0.1) is 0 Å². The van der Waals surface area contributed by atoms with Gasteiger partial charge in [-0.05, 0) is 48.6 Å². The lowest BCUT2D eigenvalue weighted by Gasteiger charge is -2.30. The topological polar surface area (TPSA) is 0 Å². The van der Waals surface area contributed by atoms with Gasteiger partial charge in [0.15, 0.2) is 0 Å². The first-order valence-corrected chi connectivity index (χ1v) is 5.95. The van der Waals surface area contributed by atoms with Crippen LogP contribution in [0.1, 0.15) is 62.5 Å². The molecule has 0 saturated heterocycles. The van der Waals surface area contributed by atoms with Crippen LogP contribution in [-0.2, 0) is 0 Å². The van der Waals surface area contributed by atoms with E-state index in [1.54, 1.807) is 11.1 Å². The number of hydrogen-bond donors (Lipinski definition) is 0. The Balaban J connectivity index is 2.38. The molecule has 0 spiro atoms. The van der Waals surface area contributed by atoms with Gasteiger partial charge in [0.2, 0.25) is 0 Å². The van der Waals surface area contributed by atoms with Gasteiger partial charge in [-0.1, -0.05) is 38.1 Å². The molecule has 1 aliphatic carbocycles. The Bertz CT molecular complexity index is 270. The van der Waals surface area contributed by atoms with Gasteiger partial charge in [-0.25, -0.2) is 0 Å². The lowest BCUT2D eigenvalue weighted by Crippen LogP contribution is -2.13. The fourth-order valence-corrected chi connectivity index (χ4v) is 2.82. The smallest absolute Gasteiger partial charge is 0.0162 e. The monoisotopic (exact) mass is 188 g/mol. The Kier molecular flexibility index (Phi) is 2.90. The molecule has 0 aliphatic heterocycles. The van der Waals surface area contributed by atoms with Gasteiger partial charge < -0.3 is 0 Å². The molecule has 2 unspecified atom stereocenters. The largest absolute Gasteiger partial charge is 0.0648 e. The summed E-state index contributed by atoms with van der Waals surface area (Å²) in [7, 11) is 0. The van der Waals surface area contributed by atoms with Gasteiger partial charge in [-0.2, -0.15) is 0 Å². The maximum absolute atomic E-state index is 2.34. The quantitative estimate of drug-likeness (QED) is 0.642. The molecular formula is C14H20. The maximum atomic E-state index is 2.34. The van der Waals surface area contributed by atoms with Crippen LogP contribution in [0.3, 0.4) is 0 Å². The van der Waals surface area contributed by atoms with E-state index in [0.717, 1.165) is 11.8 Å². The molecule has 0 fully saturated rings. The lowest BCUT2D eigenvalue weighted by atomic mass is 9.75. The molecule has 0 heteroatoms. The zero-order chi connectivity index (χ0) is 9.97. The van der Waals surface area contributed by atoms with Crippen molar-refractivity contribution >= 4 is 0 Å². The molecule has 0 radical (unpaired) electrons. The highest BCUT2D eigenvalue weighted by Crippen LogP contribution is 2.41. The second-order valence-electron chi connectivity index (χ2n) is 4.42. The predicted molar refractivity (Wildman–Crippen MR) is 61.7 cm³/mol. The van der Waals surface area contributed by atoms with Crippen LogP contribution < -0.4 is 0 Å². The van der Waals surface area contributed by atoms with Crippen LogP contribution in [0.2, 0.25) is 0 Å². The lowest BCUT2D eigenvalue weighted by molar-refractivity contribution is 0.466. The molecule has 0 aromatic heterocycles. The summed E-state index contributed by atoms with van der Waals surface area (Å²) in [4.78, 5) is 0. The summed E-state index contributed by atoms with van der Waals surface area (Å²) < 4.78 is 0. The molecule has 14 heavy (non-hydrogen) atoms. The van der Waals surface area contributed by atoms with Gasteiger partial charge >= 0.3 is 0 Å². The van der Waals surface area contributed by atoms with Crippen LogP contribution in [0.4, 0.5) is 0 Å². The average molecular weight is 188 g/mol. The zero-order valence-corrected chi connectivity index (χ0v) is 9.29. The van der Waals surface area contributed by atoms with E-state index in [9.17, 15) is 0 Å². The van der Waals surface area contributed by atoms with Crippen molar-refractivity contribution in [2.45, 2.75) is 51.4 Å². The molecule has 0 amide bonds. The Morgan fingerprint density at radius 2 is 1.36 bits per heavy atom. The van der Waals surface area contributed by atoms with E-state index < -0.39 is 0 Å². The van der Waals surface area contributed by atoms with Crippen LogP contribution in [0.5, 0.6) is 0 Å². The van der Waals surface area contributed by atoms with Crippen LogP contribution in [0.15, 0.2) is 24.3 Å². The van der Waals surface area contributed by atoms with Crippen LogP contribution in [0, 0.1) is 0 Å². The molecule has 0 nitrogen and oxygen atoms in total. The Morgan fingerprint density at radius 3 is 1.71 bits per heavy atom. The fraction of sp³-hybridized carbons (Fsp3) is 0.571. The van der Waals surface area contributed by atoms with E-state index in [-0.39, 0.29) is 0 Å². The van der Waals surface area contributed by atoms with Gasteiger partial charge in [0.25, 0.3) is 0 Å². The first-order chi connectivity index (χ1) is 6.86. The number of hydrogen-bond acceptors (Lipinski definition) is 0. The Hall–Kier alpha value is -0.780. The van der Waals surface area contributed by atoms with Crippen molar-refractivity contribution in [3.05, 3.63) is 35.4 Å². The van der Waals surface area contributed by atoms with Crippen molar-refractivity contribution in [2.75, 3.05) is 0 Å². The molecule has 1 aromatic rings. The van der Waals surface area contributed by atoms with E-state index in [0.29, 0.717) is 0 Å². The SMILES string of the molecule is CCC1CCC(CC)c2ccccc21. The molecule has 2 atom stereocenters. The fourth-order valence-electron chi connectivity index (χ4n) is 2.82. The third-order valence-electron chi connectivity index (χ3n) is 3.72. The van der Waals surface area contributed by atoms with Crippen molar-refractivity contribution in [2.24, 2.45) is 0 Å². The van der Waals surface area contributed by atoms with E-state index >= 15 is 0 Å². The highest BCUT2D eigenvalue weighted by atomic mass is 14.3. The molecule has 0 bridgehead atoms. The third-order valence-corrected chi connectivity index (χ3v) is 3.72. The highest BCUT2D eigenvalue weighted by Gasteiger charge is 2.24. The van der Waals surface area contributed by atoms with Crippen LogP contribution in [0.25, 0.3) is 0 Å². The number of benzene rings is 1. The minimum absolute atomic E-state index is 0.828. The molecule has 1 aromatic carbocycles. The van der Waals surface area contributed by atoms with Gasteiger partial charge in [-0.15, -0.1) is 0 Å². The number of fused-ring (bicyclic) bond motifs is 1. The molecular weight excluding hydrogens is 168 g/mol. The van der Waals surface area contributed by atoms with E-state index in [4.69, 9.17) is 0 Å². The van der Waals surface area contributed by atoms with Crippen molar-refractivity contribution < 1.29 is 0 Å². The molecule has 0 N–H and O–H groups in total. The van der Waals surface area contributed by atoms with E-state index in [1.165, 1.54) is 25.7 Å². The predicted octanol–water partition coefficient (Wildman–Crippen LogP) is 4.47. The zero-order valence-electron chi connectivity index (χ0n) is 9.29. The second kappa shape index (κ2) is 4.16. The minimum Gasteiger partial charge on any atom is -0.0648 e. The Morgan fingerprint density at radius 1 is 0.929 bits per heavy atom. The third kappa shape index (κ3) is 1.58. The first kappa shape index (κ1) is 9.76. The summed E-state index contributed by atoms with van der Waals surface area (Å²) in [5, 5.41) is 0. The summed E-state index contributed by atoms with van der Waals surface area (Å²) >= 11 is 0. The second-order valence-corrected chi connectivity index (χ2v) is 4.42. The summed E-state index contributed by atoms with van der Waals surface area (Å²) in [6.07, 6.45) is 5.39. The summed E-state index contributed by atoms with van der Waals surface area (Å²) in [6.45, 7) is 4.63. The van der Waals surface area contributed by atoms with Gasteiger partial charge in [0.1, 0.15) is 0 Å². The molecule has 0 saturated carbocycles. The molecule has 2 rings (SSSR count). The summed E-state index contributed by atoms with van der Waals surface area (Å²) in [6, 6.07) is 9.07. The maximum Gasteiger partial charge on any atom is -0.0162 e. The summed E-state index contributed by atoms with van der Waals surface area (Å²) in [5.41, 5.74) is 3.27. The average Bonchev–Trinajstić information content (AvgIpc) is 2.27. The van der Waals surface area contributed by atoms with E-state index in [2.05, 4.69) is 38.1 Å². The van der Waals surface area contributed by atoms with Crippen LogP contribution >= 0.6 is 0 Å². The summed E-state index contributed by atoms with van der Waals surface area (Å²) in [5.74, 6) is 1.66. The van der Waals surface area contributed by atoms with Crippen LogP contribution in [-0.4, -0.2) is 0 Å². The molecule has 76 valence electrons. The van der Waals surface area contributed by atoms with Crippen molar-refractivity contribution in [1.29, 1.82) is 0 Å². The van der Waals surface area contributed by atoms with E-state index in [1.807, 2.05) is 0 Å². The Labute approximate surface area is 87.3 Å². The van der Waals surface area contributed by atoms with Crippen molar-refractivity contribution in [3.8, 4) is 0 Å². The molecule has 0 heterocycles. The van der Waals surface area contributed by atoms with Gasteiger partial charge in [-0.3, -0.25) is 0 Å². The number of rotatable bonds is 2. The normalized spacial score (nSPS) is 25.9. The minimum atomic E-state index is 0.828. The highest BCUT2D eigenvalue weighted by molar-refractivity contribution is 5.35.